The molecule has 1 aromatic heterocycles. The van der Waals surface area contributed by atoms with Crippen LogP contribution in [0.2, 0.25) is 0 Å². The molecule has 0 saturated heterocycles. The second-order valence-electron chi connectivity index (χ2n) is 7.02. The molecule has 2 aliphatic rings. The van der Waals surface area contributed by atoms with E-state index in [-0.39, 0.29) is 5.60 Å². The molecule has 1 aromatic rings. The molecule has 4 nitrogen and oxygen atoms in total. The highest BCUT2D eigenvalue weighted by molar-refractivity contribution is 5.29. The third kappa shape index (κ3) is 2.25. The molecule has 3 rings (SSSR count). The minimum absolute atomic E-state index is 0.280. The third-order valence-corrected chi connectivity index (χ3v) is 5.10. The second kappa shape index (κ2) is 4.78. The van der Waals surface area contributed by atoms with Crippen LogP contribution in [0, 0.1) is 12.3 Å². The van der Waals surface area contributed by atoms with Crippen LogP contribution in [-0.2, 0) is 23.4 Å². The Morgan fingerprint density at radius 2 is 1.75 bits per heavy atom. The van der Waals surface area contributed by atoms with Crippen molar-refractivity contribution in [3.63, 3.8) is 0 Å². The lowest BCUT2D eigenvalue weighted by atomic mass is 9.70. The molecule has 0 aromatic carbocycles. The fourth-order valence-electron chi connectivity index (χ4n) is 3.39. The maximum Gasteiger partial charge on any atom is 0.160 e. The second-order valence-corrected chi connectivity index (χ2v) is 7.02. The van der Waals surface area contributed by atoms with Gasteiger partial charge < -0.3 is 10.1 Å². The monoisotopic (exact) mass is 275 g/mol. The van der Waals surface area contributed by atoms with E-state index in [1.807, 2.05) is 7.11 Å². The van der Waals surface area contributed by atoms with Crippen LogP contribution in [0.3, 0.4) is 0 Å². The standard InChI is InChI=1S/C16H25N3O/c1-11-12-9-17-10-13(12)19-14(18-11)16(20-4)7-5-15(2,3)6-8-16/h17H,5-10H2,1-4H3. The van der Waals surface area contributed by atoms with E-state index >= 15 is 0 Å². The molecule has 1 fully saturated rings. The fraction of sp³-hybridized carbons (Fsp3) is 0.750. The van der Waals surface area contributed by atoms with Gasteiger partial charge in [-0.05, 0) is 38.0 Å². The van der Waals surface area contributed by atoms with Crippen LogP contribution >= 0.6 is 0 Å². The minimum atomic E-state index is -0.280. The number of fused-ring (bicyclic) bond motifs is 1. The maximum absolute atomic E-state index is 5.93. The van der Waals surface area contributed by atoms with Crippen molar-refractivity contribution in [1.82, 2.24) is 15.3 Å². The van der Waals surface area contributed by atoms with Gasteiger partial charge in [0.25, 0.3) is 0 Å². The van der Waals surface area contributed by atoms with Crippen LogP contribution in [0.5, 0.6) is 0 Å². The highest BCUT2D eigenvalue weighted by Crippen LogP contribution is 2.46. The number of aryl methyl sites for hydroxylation is 1. The Labute approximate surface area is 121 Å². The summed E-state index contributed by atoms with van der Waals surface area (Å²) in [7, 11) is 1.81. The van der Waals surface area contributed by atoms with E-state index in [9.17, 15) is 0 Å². The quantitative estimate of drug-likeness (QED) is 0.901. The molecule has 0 atom stereocenters. The Balaban J connectivity index is 1.96. The number of rotatable bonds is 2. The first-order chi connectivity index (χ1) is 9.46. The number of hydrogen-bond acceptors (Lipinski definition) is 4. The number of nitrogens with one attached hydrogen (secondary N) is 1. The molecule has 110 valence electrons. The number of ether oxygens (including phenoxy) is 1. The highest BCUT2D eigenvalue weighted by atomic mass is 16.5. The van der Waals surface area contributed by atoms with E-state index in [0.29, 0.717) is 5.41 Å². The molecule has 1 aliphatic heterocycles. The molecule has 1 aliphatic carbocycles. The number of aromatic nitrogens is 2. The van der Waals surface area contributed by atoms with Crippen LogP contribution in [0.15, 0.2) is 0 Å². The van der Waals surface area contributed by atoms with Gasteiger partial charge in [-0.15, -0.1) is 0 Å². The van der Waals surface area contributed by atoms with Crippen LogP contribution in [-0.4, -0.2) is 17.1 Å². The molecule has 0 unspecified atom stereocenters. The van der Waals surface area contributed by atoms with Crippen molar-refractivity contribution in [3.8, 4) is 0 Å². The van der Waals surface area contributed by atoms with Gasteiger partial charge >= 0.3 is 0 Å². The van der Waals surface area contributed by atoms with Crippen molar-refractivity contribution >= 4 is 0 Å². The lowest BCUT2D eigenvalue weighted by Crippen LogP contribution is -2.38. The first-order valence-electron chi connectivity index (χ1n) is 7.59. The van der Waals surface area contributed by atoms with Crippen LogP contribution in [0.25, 0.3) is 0 Å². The Morgan fingerprint density at radius 3 is 2.40 bits per heavy atom. The largest absolute Gasteiger partial charge is 0.370 e. The van der Waals surface area contributed by atoms with Crippen LogP contribution in [0.4, 0.5) is 0 Å². The van der Waals surface area contributed by atoms with E-state index in [1.54, 1.807) is 0 Å². The Morgan fingerprint density at radius 1 is 1.05 bits per heavy atom. The Bertz CT molecular complexity index is 515. The zero-order valence-corrected chi connectivity index (χ0v) is 13.0. The van der Waals surface area contributed by atoms with Gasteiger partial charge in [0.05, 0.1) is 5.69 Å². The third-order valence-electron chi connectivity index (χ3n) is 5.10. The van der Waals surface area contributed by atoms with Gasteiger partial charge in [-0.1, -0.05) is 13.8 Å². The highest BCUT2D eigenvalue weighted by Gasteiger charge is 2.42. The maximum atomic E-state index is 5.93. The van der Waals surface area contributed by atoms with Crippen LogP contribution in [0.1, 0.15) is 62.3 Å². The van der Waals surface area contributed by atoms with E-state index in [1.165, 1.54) is 18.4 Å². The fourth-order valence-corrected chi connectivity index (χ4v) is 3.39. The predicted molar refractivity (Wildman–Crippen MR) is 78.2 cm³/mol. The molecular weight excluding hydrogens is 250 g/mol. The summed E-state index contributed by atoms with van der Waals surface area (Å²) in [6, 6.07) is 0. The van der Waals surface area contributed by atoms with Crippen molar-refractivity contribution in [2.75, 3.05) is 7.11 Å². The van der Waals surface area contributed by atoms with Gasteiger partial charge in [0, 0.05) is 31.5 Å². The molecule has 0 spiro atoms. The lowest BCUT2D eigenvalue weighted by Gasteiger charge is -2.41. The molecule has 2 heterocycles. The average molecular weight is 275 g/mol. The Kier molecular flexibility index (Phi) is 3.33. The topological polar surface area (TPSA) is 47.0 Å². The smallest absolute Gasteiger partial charge is 0.160 e. The summed E-state index contributed by atoms with van der Waals surface area (Å²) in [5.74, 6) is 0.899. The summed E-state index contributed by atoms with van der Waals surface area (Å²) < 4.78 is 5.93. The molecule has 1 saturated carbocycles. The van der Waals surface area contributed by atoms with E-state index in [4.69, 9.17) is 14.7 Å². The van der Waals surface area contributed by atoms with Gasteiger partial charge in [0.2, 0.25) is 0 Å². The van der Waals surface area contributed by atoms with Crippen molar-refractivity contribution < 1.29 is 4.74 Å². The summed E-state index contributed by atoms with van der Waals surface area (Å²) in [6.45, 7) is 8.52. The van der Waals surface area contributed by atoms with Gasteiger partial charge in [-0.3, -0.25) is 0 Å². The van der Waals surface area contributed by atoms with Gasteiger partial charge in [0.15, 0.2) is 5.82 Å². The molecule has 1 N–H and O–H groups in total. The molecule has 20 heavy (non-hydrogen) atoms. The zero-order valence-electron chi connectivity index (χ0n) is 13.0. The predicted octanol–water partition coefficient (Wildman–Crippen LogP) is 2.83. The molecule has 0 bridgehead atoms. The number of nitrogens with zero attached hydrogens (tertiary/aromatic N) is 2. The molecular formula is C16H25N3O. The van der Waals surface area contributed by atoms with Crippen molar-refractivity contribution in [2.45, 2.75) is 65.1 Å². The lowest BCUT2D eigenvalue weighted by molar-refractivity contribution is -0.0731. The first kappa shape index (κ1) is 14.0. The van der Waals surface area contributed by atoms with Gasteiger partial charge in [-0.2, -0.15) is 0 Å². The summed E-state index contributed by atoms with van der Waals surface area (Å²) >= 11 is 0. The van der Waals surface area contributed by atoms with Crippen molar-refractivity contribution in [2.24, 2.45) is 5.41 Å². The number of methoxy groups -OCH3 is 1. The van der Waals surface area contributed by atoms with E-state index in [0.717, 1.165) is 43.1 Å². The van der Waals surface area contributed by atoms with E-state index in [2.05, 4.69) is 26.1 Å². The molecule has 4 heteroatoms. The Hall–Kier alpha value is -1.00. The van der Waals surface area contributed by atoms with Gasteiger partial charge in [-0.25, -0.2) is 9.97 Å². The molecule has 0 radical (unpaired) electrons. The minimum Gasteiger partial charge on any atom is -0.370 e. The van der Waals surface area contributed by atoms with Crippen molar-refractivity contribution in [1.29, 1.82) is 0 Å². The summed E-state index contributed by atoms with van der Waals surface area (Å²) in [5, 5.41) is 3.36. The van der Waals surface area contributed by atoms with Crippen molar-refractivity contribution in [3.05, 3.63) is 22.8 Å². The van der Waals surface area contributed by atoms with Crippen LogP contribution < -0.4 is 5.32 Å². The zero-order chi connectivity index (χ0) is 14.4. The van der Waals surface area contributed by atoms with Gasteiger partial charge in [0.1, 0.15) is 5.60 Å². The summed E-state index contributed by atoms with van der Waals surface area (Å²) in [6.07, 6.45) is 4.36. The summed E-state index contributed by atoms with van der Waals surface area (Å²) in [5.41, 5.74) is 3.67. The summed E-state index contributed by atoms with van der Waals surface area (Å²) in [4.78, 5) is 9.61. The SMILES string of the molecule is COC1(c2nc(C)c3c(n2)CNC3)CCC(C)(C)CC1. The molecule has 0 amide bonds. The average Bonchev–Trinajstić information content (AvgIpc) is 2.88. The number of hydrogen-bond donors (Lipinski definition) is 1. The van der Waals surface area contributed by atoms with E-state index < -0.39 is 0 Å². The first-order valence-corrected chi connectivity index (χ1v) is 7.59. The normalized spacial score (nSPS) is 23.6.